The average Bonchev–Trinajstić information content (AvgIpc) is 2.56. The zero-order valence-corrected chi connectivity index (χ0v) is 14.0. The summed E-state index contributed by atoms with van der Waals surface area (Å²) in [6.45, 7) is 8.45. The van der Waals surface area contributed by atoms with Gasteiger partial charge in [0.25, 0.3) is 11.8 Å². The molecule has 0 bridgehead atoms. The van der Waals surface area contributed by atoms with Crippen LogP contribution in [0.1, 0.15) is 34.6 Å². The van der Waals surface area contributed by atoms with E-state index in [9.17, 15) is 9.59 Å². The van der Waals surface area contributed by atoms with Gasteiger partial charge in [0.1, 0.15) is 0 Å². The Kier molecular flexibility index (Phi) is 7.35. The molecule has 5 nitrogen and oxygen atoms in total. The van der Waals surface area contributed by atoms with Crippen LogP contribution in [0.5, 0.6) is 0 Å². The normalized spacial score (nSPS) is 14.2. The summed E-state index contributed by atoms with van der Waals surface area (Å²) in [5, 5.41) is 3.23. The van der Waals surface area contributed by atoms with Gasteiger partial charge in [0.2, 0.25) is 0 Å². The van der Waals surface area contributed by atoms with E-state index >= 15 is 0 Å². The summed E-state index contributed by atoms with van der Waals surface area (Å²) in [5.41, 5.74) is 1.28. The number of carbonyl (C=O) groups excluding carboxylic acids is 2. The van der Waals surface area contributed by atoms with Crippen LogP contribution in [0.2, 0.25) is 0 Å². The lowest BCUT2D eigenvalue weighted by Crippen LogP contribution is -2.46. The summed E-state index contributed by atoms with van der Waals surface area (Å²) in [5.74, 6) is 0.0551. The van der Waals surface area contributed by atoms with Crippen molar-refractivity contribution in [2.24, 2.45) is 0 Å². The van der Waals surface area contributed by atoms with Crippen LogP contribution in [0.4, 0.5) is 0 Å². The Labute approximate surface area is 138 Å². The maximum absolute atomic E-state index is 12.3. The van der Waals surface area contributed by atoms with Gasteiger partial charge >= 0.3 is 0 Å². The fourth-order valence-electron chi connectivity index (χ4n) is 2.50. The van der Waals surface area contributed by atoms with Crippen molar-refractivity contribution < 1.29 is 9.59 Å². The molecular formula is C16H24ClN3O2. The summed E-state index contributed by atoms with van der Waals surface area (Å²) < 4.78 is 0. The number of amides is 2. The summed E-state index contributed by atoms with van der Waals surface area (Å²) >= 11 is 0. The molecule has 2 amide bonds. The molecule has 1 aromatic rings. The van der Waals surface area contributed by atoms with E-state index in [1.54, 1.807) is 29.2 Å². The Morgan fingerprint density at radius 1 is 1.05 bits per heavy atom. The maximum Gasteiger partial charge on any atom is 0.253 e. The van der Waals surface area contributed by atoms with Gasteiger partial charge in [-0.2, -0.15) is 0 Å². The van der Waals surface area contributed by atoms with Gasteiger partial charge in [-0.3, -0.25) is 9.59 Å². The van der Waals surface area contributed by atoms with Crippen LogP contribution in [-0.2, 0) is 0 Å². The molecule has 2 rings (SSSR count). The molecule has 0 unspecified atom stereocenters. The molecule has 1 fully saturated rings. The zero-order valence-electron chi connectivity index (χ0n) is 13.2. The molecule has 122 valence electrons. The second kappa shape index (κ2) is 8.76. The summed E-state index contributed by atoms with van der Waals surface area (Å²) in [4.78, 5) is 28.2. The van der Waals surface area contributed by atoms with Gasteiger partial charge < -0.3 is 15.1 Å². The van der Waals surface area contributed by atoms with Crippen molar-refractivity contribution in [3.05, 3.63) is 35.4 Å². The molecule has 1 aliphatic heterocycles. The monoisotopic (exact) mass is 325 g/mol. The Hall–Kier alpha value is -1.59. The van der Waals surface area contributed by atoms with E-state index in [1.807, 2.05) is 18.7 Å². The first-order valence-electron chi connectivity index (χ1n) is 7.56. The number of hydrogen-bond acceptors (Lipinski definition) is 3. The van der Waals surface area contributed by atoms with Crippen LogP contribution >= 0.6 is 12.4 Å². The molecule has 1 aliphatic rings. The van der Waals surface area contributed by atoms with Crippen molar-refractivity contribution >= 4 is 24.2 Å². The third-order valence-corrected chi connectivity index (χ3v) is 3.83. The van der Waals surface area contributed by atoms with Gasteiger partial charge in [-0.1, -0.05) is 0 Å². The van der Waals surface area contributed by atoms with Crippen LogP contribution in [0.25, 0.3) is 0 Å². The van der Waals surface area contributed by atoms with E-state index in [0.29, 0.717) is 24.2 Å². The summed E-state index contributed by atoms with van der Waals surface area (Å²) in [7, 11) is 0. The topological polar surface area (TPSA) is 52.7 Å². The smallest absolute Gasteiger partial charge is 0.253 e. The Morgan fingerprint density at radius 3 is 2.05 bits per heavy atom. The first kappa shape index (κ1) is 18.5. The van der Waals surface area contributed by atoms with Crippen LogP contribution in [0, 0.1) is 0 Å². The summed E-state index contributed by atoms with van der Waals surface area (Å²) in [6, 6.07) is 6.99. The molecular weight excluding hydrogens is 302 g/mol. The average molecular weight is 326 g/mol. The van der Waals surface area contributed by atoms with Gasteiger partial charge in [-0.25, -0.2) is 0 Å². The molecule has 0 atom stereocenters. The molecule has 0 spiro atoms. The molecule has 6 heteroatoms. The molecule has 0 aromatic heterocycles. The number of benzene rings is 1. The minimum atomic E-state index is 0. The standard InChI is InChI=1S/C16H23N3O2.ClH/c1-3-18(4-2)15(20)13-5-7-14(8-6-13)16(21)19-11-9-17-10-12-19;/h5-8,17H,3-4,9-12H2,1-2H3;1H. The minimum absolute atomic E-state index is 0. The van der Waals surface area contributed by atoms with Crippen LogP contribution in [0.3, 0.4) is 0 Å². The predicted octanol–water partition coefficient (Wildman–Crippen LogP) is 1.64. The SMILES string of the molecule is CCN(CC)C(=O)c1ccc(C(=O)N2CCNCC2)cc1.Cl. The molecule has 1 heterocycles. The molecule has 1 N–H and O–H groups in total. The van der Waals surface area contributed by atoms with E-state index in [-0.39, 0.29) is 24.2 Å². The molecule has 22 heavy (non-hydrogen) atoms. The fraction of sp³-hybridized carbons (Fsp3) is 0.500. The number of nitrogens with zero attached hydrogens (tertiary/aromatic N) is 2. The van der Waals surface area contributed by atoms with Crippen molar-refractivity contribution in [3.63, 3.8) is 0 Å². The molecule has 1 aromatic carbocycles. The van der Waals surface area contributed by atoms with Gasteiger partial charge in [0.05, 0.1) is 0 Å². The van der Waals surface area contributed by atoms with Crippen molar-refractivity contribution in [2.75, 3.05) is 39.3 Å². The fourth-order valence-corrected chi connectivity index (χ4v) is 2.50. The van der Waals surface area contributed by atoms with Crippen LogP contribution in [0.15, 0.2) is 24.3 Å². The highest BCUT2D eigenvalue weighted by atomic mass is 35.5. The van der Waals surface area contributed by atoms with E-state index in [0.717, 1.165) is 26.2 Å². The second-order valence-corrected chi connectivity index (χ2v) is 5.10. The number of rotatable bonds is 4. The number of halogens is 1. The minimum Gasteiger partial charge on any atom is -0.339 e. The maximum atomic E-state index is 12.3. The molecule has 0 aliphatic carbocycles. The first-order valence-corrected chi connectivity index (χ1v) is 7.56. The van der Waals surface area contributed by atoms with Gasteiger partial charge in [0, 0.05) is 50.4 Å². The van der Waals surface area contributed by atoms with Gasteiger partial charge in [0.15, 0.2) is 0 Å². The third-order valence-electron chi connectivity index (χ3n) is 3.83. The van der Waals surface area contributed by atoms with Crippen molar-refractivity contribution in [2.45, 2.75) is 13.8 Å². The van der Waals surface area contributed by atoms with Crippen molar-refractivity contribution in [3.8, 4) is 0 Å². The molecule has 1 saturated heterocycles. The lowest BCUT2D eigenvalue weighted by Gasteiger charge is -2.27. The second-order valence-electron chi connectivity index (χ2n) is 5.10. The Balaban J connectivity index is 0.00000242. The zero-order chi connectivity index (χ0) is 15.2. The third kappa shape index (κ3) is 4.21. The molecule has 0 radical (unpaired) electrons. The number of nitrogens with one attached hydrogen (secondary N) is 1. The van der Waals surface area contributed by atoms with Crippen molar-refractivity contribution in [1.29, 1.82) is 0 Å². The van der Waals surface area contributed by atoms with E-state index in [2.05, 4.69) is 5.32 Å². The van der Waals surface area contributed by atoms with Crippen LogP contribution in [-0.4, -0.2) is 60.9 Å². The van der Waals surface area contributed by atoms with Gasteiger partial charge in [-0.15, -0.1) is 12.4 Å². The quantitative estimate of drug-likeness (QED) is 0.915. The van der Waals surface area contributed by atoms with Crippen LogP contribution < -0.4 is 5.32 Å². The predicted molar refractivity (Wildman–Crippen MR) is 89.7 cm³/mol. The number of piperazine rings is 1. The first-order chi connectivity index (χ1) is 10.2. The Morgan fingerprint density at radius 2 is 1.55 bits per heavy atom. The Bertz CT molecular complexity index is 495. The lowest BCUT2D eigenvalue weighted by molar-refractivity contribution is 0.0732. The lowest BCUT2D eigenvalue weighted by atomic mass is 10.1. The van der Waals surface area contributed by atoms with E-state index < -0.39 is 0 Å². The largest absolute Gasteiger partial charge is 0.339 e. The summed E-state index contributed by atoms with van der Waals surface area (Å²) in [6.07, 6.45) is 0. The van der Waals surface area contributed by atoms with E-state index in [4.69, 9.17) is 0 Å². The van der Waals surface area contributed by atoms with E-state index in [1.165, 1.54) is 0 Å². The highest BCUT2D eigenvalue weighted by molar-refractivity contribution is 5.97. The van der Waals surface area contributed by atoms with Crippen molar-refractivity contribution in [1.82, 2.24) is 15.1 Å². The highest BCUT2D eigenvalue weighted by Crippen LogP contribution is 2.10. The van der Waals surface area contributed by atoms with Gasteiger partial charge in [-0.05, 0) is 38.1 Å². The number of carbonyl (C=O) groups is 2. The number of hydrogen-bond donors (Lipinski definition) is 1. The molecule has 0 saturated carbocycles. The highest BCUT2D eigenvalue weighted by Gasteiger charge is 2.18.